The van der Waals surface area contributed by atoms with Gasteiger partial charge in [0.05, 0.1) is 33.1 Å². The fraction of sp³-hybridized carbons (Fsp3) is 0.250. The first kappa shape index (κ1) is 18.0. The molecule has 27 heavy (non-hydrogen) atoms. The van der Waals surface area contributed by atoms with E-state index in [9.17, 15) is 4.79 Å². The second-order valence-corrected chi connectivity index (χ2v) is 8.45. The van der Waals surface area contributed by atoms with Crippen molar-refractivity contribution in [1.29, 1.82) is 0 Å². The third-order valence-corrected chi connectivity index (χ3v) is 6.65. The number of amides is 1. The van der Waals surface area contributed by atoms with Crippen LogP contribution in [0.2, 0.25) is 0 Å². The quantitative estimate of drug-likeness (QED) is 0.475. The van der Waals surface area contributed by atoms with Crippen molar-refractivity contribution in [3.63, 3.8) is 0 Å². The highest BCUT2D eigenvalue weighted by Gasteiger charge is 2.20. The lowest BCUT2D eigenvalue weighted by atomic mass is 10.3. The summed E-state index contributed by atoms with van der Waals surface area (Å²) >= 11 is 3.21. The number of aromatic nitrogens is 2. The zero-order valence-corrected chi connectivity index (χ0v) is 16.7. The van der Waals surface area contributed by atoms with Gasteiger partial charge in [-0.1, -0.05) is 24.3 Å². The van der Waals surface area contributed by atoms with Crippen LogP contribution in [0, 0.1) is 0 Å². The molecule has 0 saturated carbocycles. The van der Waals surface area contributed by atoms with Crippen molar-refractivity contribution in [1.82, 2.24) is 14.9 Å². The van der Waals surface area contributed by atoms with Gasteiger partial charge in [0.2, 0.25) is 5.91 Å². The minimum Gasteiger partial charge on any atom is -0.364 e. The van der Waals surface area contributed by atoms with Gasteiger partial charge in [-0.25, -0.2) is 9.97 Å². The van der Waals surface area contributed by atoms with Gasteiger partial charge in [-0.15, -0.1) is 22.7 Å². The lowest BCUT2D eigenvalue weighted by molar-refractivity contribution is -0.137. The maximum Gasteiger partial charge on any atom is 0.248 e. The predicted molar refractivity (Wildman–Crippen MR) is 110 cm³/mol. The number of carbonyl (C=O) groups excluding carboxylic acids is 1. The van der Waals surface area contributed by atoms with Crippen LogP contribution in [0.3, 0.4) is 0 Å². The molecule has 0 radical (unpaired) electrons. The van der Waals surface area contributed by atoms with Crippen molar-refractivity contribution < 1.29 is 9.53 Å². The second-order valence-electron chi connectivity index (χ2n) is 6.27. The molecule has 0 aliphatic heterocycles. The van der Waals surface area contributed by atoms with Gasteiger partial charge in [0.25, 0.3) is 0 Å². The average Bonchev–Trinajstić information content (AvgIpc) is 3.30. The molecule has 0 unspecified atom stereocenters. The highest BCUT2D eigenvalue weighted by atomic mass is 32.1. The lowest BCUT2D eigenvalue weighted by Gasteiger charge is -2.23. The monoisotopic (exact) mass is 397 g/mol. The molecule has 2 aromatic carbocycles. The first-order valence-electron chi connectivity index (χ1n) is 8.65. The number of ether oxygens (including phenoxy) is 1. The van der Waals surface area contributed by atoms with E-state index in [0.29, 0.717) is 6.61 Å². The number of thiazole rings is 2. The molecule has 0 aliphatic carbocycles. The molecule has 2 heterocycles. The standard InChI is InChI=1S/C20H19N3O2S2/c1-13(20-22-15-8-4-6-10-17(15)27-20)23(2)19(24)12-25-11-18-21-14-7-3-5-9-16(14)26-18/h3-10,13H,11-12H2,1-2H3/t13-/m0/s1. The molecule has 7 heteroatoms. The summed E-state index contributed by atoms with van der Waals surface area (Å²) in [6, 6.07) is 15.9. The van der Waals surface area contributed by atoms with E-state index in [-0.39, 0.29) is 18.6 Å². The third-order valence-electron chi connectivity index (χ3n) is 4.43. The number of fused-ring (bicyclic) bond motifs is 2. The Morgan fingerprint density at radius 1 is 1.04 bits per heavy atom. The largest absolute Gasteiger partial charge is 0.364 e. The topological polar surface area (TPSA) is 55.3 Å². The molecule has 0 spiro atoms. The zero-order valence-electron chi connectivity index (χ0n) is 15.1. The van der Waals surface area contributed by atoms with E-state index in [1.54, 1.807) is 34.6 Å². The van der Waals surface area contributed by atoms with E-state index in [4.69, 9.17) is 4.74 Å². The van der Waals surface area contributed by atoms with Crippen LogP contribution in [0.5, 0.6) is 0 Å². The molecule has 4 rings (SSSR count). The van der Waals surface area contributed by atoms with Crippen molar-refractivity contribution >= 4 is 49.0 Å². The number of benzene rings is 2. The van der Waals surface area contributed by atoms with E-state index in [1.165, 1.54) is 0 Å². The SMILES string of the molecule is C[C@@H](c1nc2ccccc2s1)N(C)C(=O)COCc1nc2ccccc2s1. The molecular weight excluding hydrogens is 378 g/mol. The van der Waals surface area contributed by atoms with Gasteiger partial charge in [-0.2, -0.15) is 0 Å². The van der Waals surface area contributed by atoms with Crippen LogP contribution >= 0.6 is 22.7 Å². The number of nitrogens with zero attached hydrogens (tertiary/aromatic N) is 3. The van der Waals surface area contributed by atoms with Crippen LogP contribution < -0.4 is 0 Å². The van der Waals surface area contributed by atoms with E-state index in [1.807, 2.05) is 55.5 Å². The summed E-state index contributed by atoms with van der Waals surface area (Å²) in [7, 11) is 1.79. The zero-order chi connectivity index (χ0) is 18.8. The summed E-state index contributed by atoms with van der Waals surface area (Å²) in [5.41, 5.74) is 1.94. The molecule has 138 valence electrons. The summed E-state index contributed by atoms with van der Waals surface area (Å²) < 4.78 is 7.88. The summed E-state index contributed by atoms with van der Waals surface area (Å²) in [6.45, 7) is 2.36. The molecule has 0 saturated heterocycles. The van der Waals surface area contributed by atoms with E-state index in [2.05, 4.69) is 9.97 Å². The number of likely N-dealkylation sites (N-methyl/N-ethyl adjacent to an activating group) is 1. The molecule has 0 bridgehead atoms. The number of carbonyl (C=O) groups is 1. The Kier molecular flexibility index (Phi) is 5.15. The maximum atomic E-state index is 12.5. The van der Waals surface area contributed by atoms with E-state index >= 15 is 0 Å². The van der Waals surface area contributed by atoms with Crippen molar-refractivity contribution in [2.45, 2.75) is 19.6 Å². The summed E-state index contributed by atoms with van der Waals surface area (Å²) in [4.78, 5) is 23.4. The average molecular weight is 398 g/mol. The highest BCUT2D eigenvalue weighted by molar-refractivity contribution is 7.18. The van der Waals surface area contributed by atoms with Gasteiger partial charge in [-0.3, -0.25) is 4.79 Å². The van der Waals surface area contributed by atoms with Gasteiger partial charge in [0.15, 0.2) is 0 Å². The fourth-order valence-electron chi connectivity index (χ4n) is 2.76. The summed E-state index contributed by atoms with van der Waals surface area (Å²) in [6.07, 6.45) is 0. The van der Waals surface area contributed by atoms with Crippen LogP contribution in [0.4, 0.5) is 0 Å². The van der Waals surface area contributed by atoms with E-state index < -0.39 is 0 Å². The fourth-order valence-corrected chi connectivity index (χ4v) is 4.73. The second kappa shape index (κ2) is 7.72. The first-order chi connectivity index (χ1) is 13.1. The van der Waals surface area contributed by atoms with Crippen LogP contribution in [-0.4, -0.2) is 34.4 Å². The Morgan fingerprint density at radius 3 is 2.33 bits per heavy atom. The first-order valence-corrected chi connectivity index (χ1v) is 10.3. The highest BCUT2D eigenvalue weighted by Crippen LogP contribution is 2.29. The van der Waals surface area contributed by atoms with Crippen LogP contribution in [0.25, 0.3) is 20.4 Å². The molecule has 2 aromatic heterocycles. The van der Waals surface area contributed by atoms with Crippen molar-refractivity contribution in [3.8, 4) is 0 Å². The molecule has 5 nitrogen and oxygen atoms in total. The van der Waals surface area contributed by atoms with Gasteiger partial charge < -0.3 is 9.64 Å². The Balaban J connectivity index is 1.35. The van der Waals surface area contributed by atoms with Crippen molar-refractivity contribution in [2.75, 3.05) is 13.7 Å². The third kappa shape index (κ3) is 3.85. The number of hydrogen-bond donors (Lipinski definition) is 0. The van der Waals surface area contributed by atoms with Crippen molar-refractivity contribution in [2.24, 2.45) is 0 Å². The minimum absolute atomic E-state index is 0.0294. The van der Waals surface area contributed by atoms with E-state index in [0.717, 1.165) is 30.4 Å². The van der Waals surface area contributed by atoms with Crippen LogP contribution in [-0.2, 0) is 16.1 Å². The Bertz CT molecular complexity index is 1020. The number of para-hydroxylation sites is 2. The normalized spacial score (nSPS) is 12.5. The Labute approximate surface area is 165 Å². The van der Waals surface area contributed by atoms with Gasteiger partial charge >= 0.3 is 0 Å². The van der Waals surface area contributed by atoms with Crippen molar-refractivity contribution in [3.05, 3.63) is 58.5 Å². The van der Waals surface area contributed by atoms with Gasteiger partial charge in [0.1, 0.15) is 16.6 Å². The van der Waals surface area contributed by atoms with Gasteiger partial charge in [-0.05, 0) is 31.2 Å². The Hall–Kier alpha value is -2.35. The van der Waals surface area contributed by atoms with Crippen LogP contribution in [0.15, 0.2) is 48.5 Å². The maximum absolute atomic E-state index is 12.5. The van der Waals surface area contributed by atoms with Gasteiger partial charge in [0, 0.05) is 7.05 Å². The molecule has 0 fully saturated rings. The number of hydrogen-bond acceptors (Lipinski definition) is 6. The minimum atomic E-state index is -0.0963. The smallest absolute Gasteiger partial charge is 0.248 e. The molecule has 0 N–H and O–H groups in total. The Morgan fingerprint density at radius 2 is 1.67 bits per heavy atom. The molecule has 0 aliphatic rings. The molecule has 1 atom stereocenters. The summed E-state index contributed by atoms with van der Waals surface area (Å²) in [5, 5.41) is 1.81. The lowest BCUT2D eigenvalue weighted by Crippen LogP contribution is -2.32. The summed E-state index contributed by atoms with van der Waals surface area (Å²) in [5.74, 6) is -0.0668. The molecule has 4 aromatic rings. The number of rotatable bonds is 6. The molecule has 1 amide bonds. The predicted octanol–water partition coefficient (Wildman–Crippen LogP) is 4.64. The van der Waals surface area contributed by atoms with Crippen LogP contribution in [0.1, 0.15) is 23.0 Å². The molecular formula is C20H19N3O2S2.